The Labute approximate surface area is 179 Å². The van der Waals surface area contributed by atoms with Gasteiger partial charge in [-0.3, -0.25) is 9.69 Å². The normalized spacial score (nSPS) is 19.2. The van der Waals surface area contributed by atoms with Gasteiger partial charge in [0.05, 0.1) is 0 Å². The quantitative estimate of drug-likeness (QED) is 0.525. The van der Waals surface area contributed by atoms with E-state index in [4.69, 9.17) is 10.5 Å². The number of aromatic nitrogens is 1. The summed E-state index contributed by atoms with van der Waals surface area (Å²) in [4.78, 5) is 40.4. The predicted molar refractivity (Wildman–Crippen MR) is 116 cm³/mol. The molecular weight excluding hydrogens is 402 g/mol. The van der Waals surface area contributed by atoms with Crippen molar-refractivity contribution in [3.8, 4) is 16.9 Å². The highest BCUT2D eigenvalue weighted by Gasteiger charge is 2.28. The number of nitrogen functional groups attached to an aromatic ring is 1. The van der Waals surface area contributed by atoms with Crippen molar-refractivity contribution in [2.45, 2.75) is 20.3 Å². The number of H-pyrrole nitrogens is 1. The number of pyridine rings is 1. The molecule has 9 nitrogen and oxygen atoms in total. The van der Waals surface area contributed by atoms with E-state index in [1.165, 1.54) is 12.5 Å². The predicted octanol–water partition coefficient (Wildman–Crippen LogP) is 2.38. The molecule has 9 heteroatoms. The molecular formula is C22H27N3O6. The van der Waals surface area contributed by atoms with Crippen LogP contribution in [0.1, 0.15) is 41.0 Å². The fraction of sp³-hybridized carbons (Fsp3) is 0.409. The lowest BCUT2D eigenvalue weighted by Crippen LogP contribution is -2.40. The number of benzene rings is 1. The van der Waals surface area contributed by atoms with Gasteiger partial charge >= 0.3 is 11.9 Å². The van der Waals surface area contributed by atoms with E-state index in [1.54, 1.807) is 18.2 Å². The molecule has 1 fully saturated rings. The summed E-state index contributed by atoms with van der Waals surface area (Å²) in [6.45, 7) is 7.41. The van der Waals surface area contributed by atoms with Crippen molar-refractivity contribution in [1.82, 2.24) is 9.88 Å². The molecule has 166 valence electrons. The van der Waals surface area contributed by atoms with Gasteiger partial charge in [0.2, 0.25) is 0 Å². The fourth-order valence-electron chi connectivity index (χ4n) is 4.37. The molecule has 3 rings (SSSR count). The summed E-state index contributed by atoms with van der Waals surface area (Å²) in [5.74, 6) is -1.92. The van der Waals surface area contributed by atoms with Crippen LogP contribution in [0.25, 0.3) is 11.1 Å². The van der Waals surface area contributed by atoms with Gasteiger partial charge in [0.15, 0.2) is 0 Å². The first-order valence-electron chi connectivity index (χ1n) is 10.2. The summed E-state index contributed by atoms with van der Waals surface area (Å²) >= 11 is 0. The van der Waals surface area contributed by atoms with Crippen LogP contribution in [0.3, 0.4) is 0 Å². The van der Waals surface area contributed by atoms with Crippen molar-refractivity contribution < 1.29 is 24.5 Å². The van der Waals surface area contributed by atoms with Gasteiger partial charge in [-0.05, 0) is 24.3 Å². The lowest BCUT2D eigenvalue weighted by atomic mass is 9.92. The van der Waals surface area contributed by atoms with E-state index in [2.05, 4.69) is 23.7 Å². The zero-order valence-corrected chi connectivity index (χ0v) is 17.6. The maximum Gasteiger partial charge on any atom is 0.342 e. The SMILES string of the molecule is CC1CC(C)CN(CCOc2ccccc2-c2c(C(=O)O)c(N)[nH]c(=O)c2C(=O)O)C1. The van der Waals surface area contributed by atoms with Crippen LogP contribution in [0.15, 0.2) is 29.1 Å². The van der Waals surface area contributed by atoms with Gasteiger partial charge < -0.3 is 25.7 Å². The molecule has 1 aromatic carbocycles. The Hall–Kier alpha value is -3.33. The third-order valence-electron chi connectivity index (χ3n) is 5.44. The lowest BCUT2D eigenvalue weighted by Gasteiger charge is -2.34. The van der Waals surface area contributed by atoms with Gasteiger partial charge in [0.25, 0.3) is 5.56 Å². The first-order chi connectivity index (χ1) is 14.7. The third-order valence-corrected chi connectivity index (χ3v) is 5.44. The molecule has 31 heavy (non-hydrogen) atoms. The van der Waals surface area contributed by atoms with Gasteiger partial charge in [0, 0.05) is 30.8 Å². The number of anilines is 1. The maximum absolute atomic E-state index is 12.3. The number of nitrogens with one attached hydrogen (secondary N) is 1. The monoisotopic (exact) mass is 429 g/mol. The zero-order valence-electron chi connectivity index (χ0n) is 17.6. The van der Waals surface area contributed by atoms with Gasteiger partial charge in [0.1, 0.15) is 29.3 Å². The summed E-state index contributed by atoms with van der Waals surface area (Å²) < 4.78 is 5.93. The van der Waals surface area contributed by atoms with E-state index >= 15 is 0 Å². The molecule has 0 saturated carbocycles. The number of nitrogens with two attached hydrogens (primary N) is 1. The Morgan fingerprint density at radius 1 is 1.13 bits per heavy atom. The second-order valence-corrected chi connectivity index (χ2v) is 8.15. The molecule has 0 amide bonds. The average Bonchev–Trinajstić information content (AvgIpc) is 2.66. The fourth-order valence-corrected chi connectivity index (χ4v) is 4.37. The molecule has 1 aliphatic heterocycles. The van der Waals surface area contributed by atoms with Crippen LogP contribution in [0.2, 0.25) is 0 Å². The third kappa shape index (κ3) is 4.88. The van der Waals surface area contributed by atoms with Gasteiger partial charge in [-0.1, -0.05) is 32.0 Å². The number of carbonyl (C=O) groups is 2. The molecule has 5 N–H and O–H groups in total. The summed E-state index contributed by atoms with van der Waals surface area (Å²) in [6.07, 6.45) is 1.19. The van der Waals surface area contributed by atoms with E-state index in [9.17, 15) is 24.6 Å². The topological polar surface area (TPSA) is 146 Å². The Kier molecular flexibility index (Phi) is 6.65. The van der Waals surface area contributed by atoms with E-state index in [-0.39, 0.29) is 16.9 Å². The van der Waals surface area contributed by atoms with Crippen molar-refractivity contribution in [1.29, 1.82) is 0 Å². The molecule has 1 saturated heterocycles. The molecule has 2 heterocycles. The van der Waals surface area contributed by atoms with Crippen molar-refractivity contribution in [2.75, 3.05) is 32.0 Å². The molecule has 0 radical (unpaired) electrons. The van der Waals surface area contributed by atoms with E-state index < -0.39 is 34.4 Å². The number of rotatable bonds is 7. The standard InChI is InChI=1S/C22H27N3O6/c1-12-9-13(2)11-25(10-12)7-8-31-15-6-4-3-5-14(15)16-17(21(27)28)19(23)24-20(26)18(16)22(29)30/h3-6,12-13H,7-11H2,1-2H3,(H,27,28)(H,29,30)(H3,23,24,26). The molecule has 0 aliphatic carbocycles. The summed E-state index contributed by atoms with van der Waals surface area (Å²) in [6, 6.07) is 6.45. The highest BCUT2D eigenvalue weighted by Crippen LogP contribution is 2.35. The first-order valence-corrected chi connectivity index (χ1v) is 10.2. The molecule has 2 unspecified atom stereocenters. The van der Waals surface area contributed by atoms with Crippen molar-refractivity contribution in [2.24, 2.45) is 11.8 Å². The van der Waals surface area contributed by atoms with Crippen molar-refractivity contribution in [3.05, 3.63) is 45.7 Å². The van der Waals surface area contributed by atoms with Crippen LogP contribution in [-0.2, 0) is 0 Å². The minimum atomic E-state index is -1.55. The molecule has 0 bridgehead atoms. The van der Waals surface area contributed by atoms with Crippen LogP contribution >= 0.6 is 0 Å². The summed E-state index contributed by atoms with van der Waals surface area (Å²) in [7, 11) is 0. The van der Waals surface area contributed by atoms with Crippen molar-refractivity contribution in [3.63, 3.8) is 0 Å². The number of aromatic carboxylic acids is 2. The second-order valence-electron chi connectivity index (χ2n) is 8.15. The van der Waals surface area contributed by atoms with Crippen LogP contribution in [-0.4, -0.2) is 58.3 Å². The van der Waals surface area contributed by atoms with Gasteiger partial charge in [-0.2, -0.15) is 0 Å². The number of hydrogen-bond donors (Lipinski definition) is 4. The number of hydrogen-bond acceptors (Lipinski definition) is 6. The Morgan fingerprint density at radius 3 is 2.35 bits per heavy atom. The Morgan fingerprint density at radius 2 is 1.74 bits per heavy atom. The lowest BCUT2D eigenvalue weighted by molar-refractivity contribution is 0.0695. The van der Waals surface area contributed by atoms with Gasteiger partial charge in [-0.15, -0.1) is 0 Å². The van der Waals surface area contributed by atoms with Crippen LogP contribution in [0, 0.1) is 11.8 Å². The van der Waals surface area contributed by atoms with E-state index in [0.29, 0.717) is 25.0 Å². The number of ether oxygens (including phenoxy) is 1. The highest BCUT2D eigenvalue weighted by atomic mass is 16.5. The molecule has 2 atom stereocenters. The van der Waals surface area contributed by atoms with Gasteiger partial charge in [-0.25, -0.2) is 9.59 Å². The number of carboxylic acids is 2. The molecule has 1 aliphatic rings. The molecule has 1 aromatic heterocycles. The molecule has 2 aromatic rings. The minimum Gasteiger partial charge on any atom is -0.492 e. The smallest absolute Gasteiger partial charge is 0.342 e. The number of carboxylic acid groups (broad SMARTS) is 2. The van der Waals surface area contributed by atoms with Crippen LogP contribution in [0.5, 0.6) is 5.75 Å². The van der Waals surface area contributed by atoms with Crippen LogP contribution < -0.4 is 16.0 Å². The Balaban J connectivity index is 1.96. The zero-order chi connectivity index (χ0) is 22.7. The number of nitrogens with zero attached hydrogens (tertiary/aromatic N) is 1. The minimum absolute atomic E-state index is 0.190. The largest absolute Gasteiger partial charge is 0.492 e. The highest BCUT2D eigenvalue weighted by molar-refractivity contribution is 6.08. The number of aromatic amines is 1. The first kappa shape index (κ1) is 22.4. The second kappa shape index (κ2) is 9.22. The Bertz CT molecular complexity index is 1040. The maximum atomic E-state index is 12.3. The molecule has 0 spiro atoms. The average molecular weight is 429 g/mol. The summed E-state index contributed by atoms with van der Waals surface area (Å²) in [5, 5.41) is 19.2. The van der Waals surface area contributed by atoms with Crippen molar-refractivity contribution >= 4 is 17.8 Å². The summed E-state index contributed by atoms with van der Waals surface area (Å²) in [5.41, 5.74) is 3.50. The number of para-hydroxylation sites is 1. The number of likely N-dealkylation sites (tertiary alicyclic amines) is 1. The van der Waals surface area contributed by atoms with Crippen LogP contribution in [0.4, 0.5) is 5.82 Å². The van der Waals surface area contributed by atoms with E-state index in [0.717, 1.165) is 13.1 Å². The number of piperidine rings is 1. The van der Waals surface area contributed by atoms with E-state index in [1.807, 2.05) is 0 Å².